The van der Waals surface area contributed by atoms with Gasteiger partial charge < -0.3 is 0 Å². The van der Waals surface area contributed by atoms with E-state index in [9.17, 15) is 4.57 Å². The van der Waals surface area contributed by atoms with Gasteiger partial charge in [-0.05, 0) is 29.8 Å². The second-order valence-electron chi connectivity index (χ2n) is 3.43. The van der Waals surface area contributed by atoms with E-state index in [1.54, 1.807) is 0 Å². The Labute approximate surface area is 101 Å². The highest BCUT2D eigenvalue weighted by atomic mass is 35.5. The van der Waals surface area contributed by atoms with Crippen molar-refractivity contribution in [3.63, 3.8) is 0 Å². The number of hydrogen-bond acceptors (Lipinski definition) is 1. The molecule has 0 saturated carbocycles. The maximum absolute atomic E-state index is 12.2. The Morgan fingerprint density at radius 3 is 2.00 bits per heavy atom. The van der Waals surface area contributed by atoms with Crippen LogP contribution in [-0.2, 0) is 10.4 Å². The van der Waals surface area contributed by atoms with E-state index in [4.69, 9.17) is 11.6 Å². The summed E-state index contributed by atoms with van der Waals surface area (Å²) in [7, 11) is -1.48. The van der Waals surface area contributed by atoms with Crippen molar-refractivity contribution < 1.29 is 4.57 Å². The smallest absolute Gasteiger partial charge is 0.122 e. The third kappa shape index (κ3) is 2.49. The van der Waals surface area contributed by atoms with Crippen LogP contribution in [0.3, 0.4) is 0 Å². The highest BCUT2D eigenvalue weighted by molar-refractivity contribution is 7.61. The van der Waals surface area contributed by atoms with Crippen molar-refractivity contribution in [2.45, 2.75) is 5.88 Å². The molecule has 16 heavy (non-hydrogen) atoms. The highest BCUT2D eigenvalue weighted by Crippen LogP contribution is 2.19. The second-order valence-corrected chi connectivity index (χ2v) is 5.32. The van der Waals surface area contributed by atoms with Crippen molar-refractivity contribution in [3.05, 3.63) is 60.2 Å². The van der Waals surface area contributed by atoms with Crippen molar-refractivity contribution in [2.75, 3.05) is 0 Å². The third-order valence-electron chi connectivity index (χ3n) is 2.32. The molecular formula is C13H11ClOP+. The summed E-state index contributed by atoms with van der Waals surface area (Å²) in [5.74, 6) is 0.488. The highest BCUT2D eigenvalue weighted by Gasteiger charge is 2.22. The second kappa shape index (κ2) is 5.25. The van der Waals surface area contributed by atoms with Gasteiger partial charge in [-0.25, -0.2) is 0 Å². The Hall–Kier alpha value is -1.17. The minimum atomic E-state index is -1.48. The SMILES string of the molecule is O=[P+](c1ccccc1)c1ccc(CCl)cc1. The topological polar surface area (TPSA) is 17.1 Å². The van der Waals surface area contributed by atoms with Crippen LogP contribution in [0.4, 0.5) is 0 Å². The van der Waals surface area contributed by atoms with Gasteiger partial charge in [0, 0.05) is 5.88 Å². The number of halogens is 1. The van der Waals surface area contributed by atoms with Gasteiger partial charge in [0.1, 0.15) is 0 Å². The Bertz CT molecular complexity index is 479. The van der Waals surface area contributed by atoms with Gasteiger partial charge in [-0.1, -0.05) is 34.9 Å². The predicted octanol–water partition coefficient (Wildman–Crippen LogP) is 3.20. The Morgan fingerprint density at radius 1 is 0.875 bits per heavy atom. The molecule has 0 heterocycles. The molecule has 2 rings (SSSR count). The monoisotopic (exact) mass is 249 g/mol. The zero-order valence-corrected chi connectivity index (χ0v) is 10.3. The maximum Gasteiger partial charge on any atom is 0.415 e. The van der Waals surface area contributed by atoms with Gasteiger partial charge in [-0.2, -0.15) is 0 Å². The van der Waals surface area contributed by atoms with Gasteiger partial charge in [0.2, 0.25) is 0 Å². The van der Waals surface area contributed by atoms with E-state index in [1.165, 1.54) is 0 Å². The lowest BCUT2D eigenvalue weighted by molar-refractivity contribution is 0.598. The Kier molecular flexibility index (Phi) is 3.71. The van der Waals surface area contributed by atoms with E-state index >= 15 is 0 Å². The summed E-state index contributed by atoms with van der Waals surface area (Å²) in [6.45, 7) is 0. The van der Waals surface area contributed by atoms with Gasteiger partial charge >= 0.3 is 7.80 Å². The first kappa shape index (κ1) is 11.3. The molecule has 80 valence electrons. The summed E-state index contributed by atoms with van der Waals surface area (Å²) < 4.78 is 12.2. The van der Waals surface area contributed by atoms with Crippen LogP contribution in [0.25, 0.3) is 0 Å². The molecule has 1 nitrogen and oxygen atoms in total. The van der Waals surface area contributed by atoms with Crippen LogP contribution < -0.4 is 10.6 Å². The van der Waals surface area contributed by atoms with E-state index in [0.29, 0.717) is 5.88 Å². The van der Waals surface area contributed by atoms with Crippen LogP contribution in [0.1, 0.15) is 5.56 Å². The molecule has 0 spiro atoms. The molecule has 3 heteroatoms. The van der Waals surface area contributed by atoms with Crippen molar-refractivity contribution >= 4 is 30.0 Å². The van der Waals surface area contributed by atoms with Crippen LogP contribution in [0.2, 0.25) is 0 Å². The molecule has 0 aliphatic carbocycles. The first-order chi connectivity index (χ1) is 7.81. The van der Waals surface area contributed by atoms with E-state index < -0.39 is 7.80 Å². The van der Waals surface area contributed by atoms with Crippen molar-refractivity contribution in [1.29, 1.82) is 0 Å². The lowest BCUT2D eigenvalue weighted by Gasteiger charge is -1.93. The van der Waals surface area contributed by atoms with Gasteiger partial charge in [-0.15, -0.1) is 11.6 Å². The summed E-state index contributed by atoms with van der Waals surface area (Å²) in [5, 5.41) is 1.70. The molecule has 0 N–H and O–H groups in total. The average Bonchev–Trinajstić information content (AvgIpc) is 2.39. The Morgan fingerprint density at radius 2 is 1.44 bits per heavy atom. The van der Waals surface area contributed by atoms with Crippen molar-refractivity contribution in [1.82, 2.24) is 0 Å². The molecular weight excluding hydrogens is 239 g/mol. The van der Waals surface area contributed by atoms with Crippen LogP contribution in [0.5, 0.6) is 0 Å². The van der Waals surface area contributed by atoms with Gasteiger partial charge in [0.05, 0.1) is 0 Å². The summed E-state index contributed by atoms with van der Waals surface area (Å²) in [4.78, 5) is 0. The molecule has 0 radical (unpaired) electrons. The number of alkyl halides is 1. The van der Waals surface area contributed by atoms with Crippen molar-refractivity contribution in [3.8, 4) is 0 Å². The molecule has 0 bridgehead atoms. The fourth-order valence-corrected chi connectivity index (χ4v) is 2.77. The minimum Gasteiger partial charge on any atom is -0.122 e. The molecule has 1 atom stereocenters. The normalized spacial score (nSPS) is 11.2. The lowest BCUT2D eigenvalue weighted by Crippen LogP contribution is -2.05. The zero-order chi connectivity index (χ0) is 11.4. The summed E-state index contributed by atoms with van der Waals surface area (Å²) in [6, 6.07) is 17.1. The molecule has 1 unspecified atom stereocenters. The quantitative estimate of drug-likeness (QED) is 0.603. The van der Waals surface area contributed by atoms with E-state index in [1.807, 2.05) is 54.6 Å². The molecule has 0 saturated heterocycles. The summed E-state index contributed by atoms with van der Waals surface area (Å²) >= 11 is 5.70. The number of benzene rings is 2. The standard InChI is InChI=1S/C13H11ClOP/c14-10-11-6-8-13(9-7-11)16(15)12-4-2-1-3-5-12/h1-9H,10H2/q+1. The average molecular weight is 250 g/mol. The predicted molar refractivity (Wildman–Crippen MR) is 69.3 cm³/mol. The molecule has 2 aromatic rings. The molecule has 0 aliphatic rings. The molecule has 2 aromatic carbocycles. The molecule has 0 aromatic heterocycles. The number of rotatable bonds is 3. The fourth-order valence-electron chi connectivity index (χ4n) is 1.43. The van der Waals surface area contributed by atoms with Gasteiger partial charge in [0.25, 0.3) is 0 Å². The lowest BCUT2D eigenvalue weighted by atomic mass is 10.2. The minimum absolute atomic E-state index is 0.488. The van der Waals surface area contributed by atoms with E-state index in [2.05, 4.69) is 0 Å². The molecule has 0 amide bonds. The summed E-state index contributed by atoms with van der Waals surface area (Å²) in [5.41, 5.74) is 1.04. The first-order valence-corrected chi connectivity index (χ1v) is 6.78. The number of hydrogen-bond donors (Lipinski definition) is 0. The van der Waals surface area contributed by atoms with Crippen molar-refractivity contribution in [2.24, 2.45) is 0 Å². The first-order valence-electron chi connectivity index (χ1n) is 4.98. The molecule has 0 fully saturated rings. The maximum atomic E-state index is 12.2. The van der Waals surface area contributed by atoms with Crippen LogP contribution in [0.15, 0.2) is 54.6 Å². The van der Waals surface area contributed by atoms with Gasteiger partial charge in [-0.3, -0.25) is 0 Å². The largest absolute Gasteiger partial charge is 0.415 e. The van der Waals surface area contributed by atoms with Crippen LogP contribution >= 0.6 is 19.4 Å². The van der Waals surface area contributed by atoms with E-state index in [0.717, 1.165) is 16.2 Å². The van der Waals surface area contributed by atoms with Gasteiger partial charge in [0.15, 0.2) is 10.6 Å². The molecule has 0 aliphatic heterocycles. The Balaban J connectivity index is 2.28. The van der Waals surface area contributed by atoms with Crippen LogP contribution in [0, 0.1) is 0 Å². The van der Waals surface area contributed by atoms with E-state index in [-0.39, 0.29) is 0 Å². The fraction of sp³-hybridized carbons (Fsp3) is 0.0769. The summed E-state index contributed by atoms with van der Waals surface area (Å²) in [6.07, 6.45) is 0. The zero-order valence-electron chi connectivity index (χ0n) is 8.64. The third-order valence-corrected chi connectivity index (χ3v) is 4.16. The van der Waals surface area contributed by atoms with Crippen LogP contribution in [-0.4, -0.2) is 0 Å².